The first-order chi connectivity index (χ1) is 8.24. The molecule has 0 heterocycles. The normalized spacial score (nSPS) is 10.8. The van der Waals surface area contributed by atoms with Crippen LogP contribution in [0.15, 0.2) is 0 Å². The minimum atomic E-state index is -0.0832. The summed E-state index contributed by atoms with van der Waals surface area (Å²) in [4.78, 5) is 13.4. The van der Waals surface area contributed by atoms with Crippen molar-refractivity contribution in [2.75, 3.05) is 32.8 Å². The summed E-state index contributed by atoms with van der Waals surface area (Å²) in [5.74, 6) is -0.0832. The molecule has 0 amide bonds. The molecule has 0 saturated carbocycles. The van der Waals surface area contributed by atoms with Crippen LogP contribution in [-0.4, -0.2) is 48.8 Å². The molecular formula is C13H27NO3. The van der Waals surface area contributed by atoms with Gasteiger partial charge in [-0.3, -0.25) is 4.79 Å². The van der Waals surface area contributed by atoms with Crippen molar-refractivity contribution >= 4 is 5.97 Å². The quantitative estimate of drug-likeness (QED) is 0.445. The summed E-state index contributed by atoms with van der Waals surface area (Å²) in [7, 11) is 0. The van der Waals surface area contributed by atoms with E-state index in [-0.39, 0.29) is 12.6 Å². The molecule has 4 heteroatoms. The Morgan fingerprint density at radius 1 is 1.12 bits per heavy atom. The van der Waals surface area contributed by atoms with Gasteiger partial charge >= 0.3 is 5.97 Å². The van der Waals surface area contributed by atoms with Crippen LogP contribution < -0.4 is 0 Å². The highest BCUT2D eigenvalue weighted by molar-refractivity contribution is 5.69. The lowest BCUT2D eigenvalue weighted by molar-refractivity contribution is -0.143. The minimum Gasteiger partial charge on any atom is -0.466 e. The largest absolute Gasteiger partial charge is 0.466 e. The van der Waals surface area contributed by atoms with Gasteiger partial charge in [0.1, 0.15) is 0 Å². The van der Waals surface area contributed by atoms with Crippen LogP contribution in [0.25, 0.3) is 0 Å². The van der Waals surface area contributed by atoms with Crippen LogP contribution in [0.1, 0.15) is 46.0 Å². The van der Waals surface area contributed by atoms with Gasteiger partial charge in [0.05, 0.1) is 6.61 Å². The molecule has 0 aromatic carbocycles. The van der Waals surface area contributed by atoms with E-state index < -0.39 is 0 Å². The topological polar surface area (TPSA) is 49.8 Å². The zero-order valence-corrected chi connectivity index (χ0v) is 11.3. The maximum Gasteiger partial charge on any atom is 0.305 e. The molecule has 0 aliphatic rings. The summed E-state index contributed by atoms with van der Waals surface area (Å²) in [6, 6.07) is 0. The Balaban J connectivity index is 3.39. The predicted octanol–water partition coefficient (Wildman–Crippen LogP) is 1.81. The SMILES string of the molecule is CCOC(=O)CCCCCN(CC)CCCO. The Hall–Kier alpha value is -0.610. The van der Waals surface area contributed by atoms with Crippen LogP contribution in [0.5, 0.6) is 0 Å². The number of nitrogens with zero attached hydrogens (tertiary/aromatic N) is 1. The van der Waals surface area contributed by atoms with Crippen molar-refractivity contribution in [3.63, 3.8) is 0 Å². The Labute approximate surface area is 105 Å². The third-order valence-corrected chi connectivity index (χ3v) is 2.74. The second-order valence-corrected chi connectivity index (χ2v) is 4.13. The summed E-state index contributed by atoms with van der Waals surface area (Å²) >= 11 is 0. The van der Waals surface area contributed by atoms with Crippen LogP contribution >= 0.6 is 0 Å². The molecular weight excluding hydrogens is 218 g/mol. The number of ether oxygens (including phenoxy) is 1. The van der Waals surface area contributed by atoms with Crippen molar-refractivity contribution in [3.05, 3.63) is 0 Å². The molecule has 0 spiro atoms. The maximum absolute atomic E-state index is 11.1. The van der Waals surface area contributed by atoms with Gasteiger partial charge in [-0.05, 0) is 39.3 Å². The van der Waals surface area contributed by atoms with Gasteiger partial charge in [-0.25, -0.2) is 0 Å². The molecule has 102 valence electrons. The van der Waals surface area contributed by atoms with Gasteiger partial charge in [0.25, 0.3) is 0 Å². The fourth-order valence-corrected chi connectivity index (χ4v) is 1.74. The Morgan fingerprint density at radius 3 is 2.41 bits per heavy atom. The van der Waals surface area contributed by atoms with Gasteiger partial charge < -0.3 is 14.7 Å². The van der Waals surface area contributed by atoms with Crippen molar-refractivity contribution in [1.29, 1.82) is 0 Å². The lowest BCUT2D eigenvalue weighted by atomic mass is 10.2. The molecule has 0 saturated heterocycles. The molecule has 0 atom stereocenters. The van der Waals surface area contributed by atoms with Crippen molar-refractivity contribution in [3.8, 4) is 0 Å². The molecule has 0 fully saturated rings. The summed E-state index contributed by atoms with van der Waals surface area (Å²) < 4.78 is 4.87. The average Bonchev–Trinajstić information content (AvgIpc) is 2.33. The molecule has 0 aromatic heterocycles. The van der Waals surface area contributed by atoms with Gasteiger partial charge in [-0.2, -0.15) is 0 Å². The fraction of sp³-hybridized carbons (Fsp3) is 0.923. The first-order valence-corrected chi connectivity index (χ1v) is 6.73. The second-order valence-electron chi connectivity index (χ2n) is 4.13. The van der Waals surface area contributed by atoms with E-state index in [1.54, 1.807) is 0 Å². The van der Waals surface area contributed by atoms with Gasteiger partial charge in [0.2, 0.25) is 0 Å². The van der Waals surface area contributed by atoms with Crippen LogP contribution in [0.4, 0.5) is 0 Å². The predicted molar refractivity (Wildman–Crippen MR) is 68.9 cm³/mol. The summed E-state index contributed by atoms with van der Waals surface area (Å²) in [5.41, 5.74) is 0. The highest BCUT2D eigenvalue weighted by Crippen LogP contribution is 2.03. The molecule has 1 N–H and O–H groups in total. The zero-order valence-electron chi connectivity index (χ0n) is 11.3. The molecule has 0 aliphatic carbocycles. The number of aliphatic hydroxyl groups excluding tert-OH is 1. The first kappa shape index (κ1) is 16.4. The molecule has 4 nitrogen and oxygen atoms in total. The van der Waals surface area contributed by atoms with Crippen LogP contribution in [-0.2, 0) is 9.53 Å². The van der Waals surface area contributed by atoms with Crippen molar-refractivity contribution < 1.29 is 14.6 Å². The third-order valence-electron chi connectivity index (χ3n) is 2.74. The monoisotopic (exact) mass is 245 g/mol. The summed E-state index contributed by atoms with van der Waals surface area (Å²) in [6.07, 6.45) is 4.47. The van der Waals surface area contributed by atoms with E-state index in [9.17, 15) is 4.79 Å². The zero-order chi connectivity index (χ0) is 12.9. The number of hydrogen-bond donors (Lipinski definition) is 1. The number of esters is 1. The number of hydrogen-bond acceptors (Lipinski definition) is 4. The number of carbonyl (C=O) groups is 1. The standard InChI is InChI=1S/C13H27NO3/c1-3-14(11-8-12-15)10-7-5-6-9-13(16)17-4-2/h15H,3-12H2,1-2H3. The summed E-state index contributed by atoms with van der Waals surface area (Å²) in [5, 5.41) is 8.75. The molecule has 0 aliphatic heterocycles. The van der Waals surface area contributed by atoms with Crippen LogP contribution in [0, 0.1) is 0 Å². The highest BCUT2D eigenvalue weighted by atomic mass is 16.5. The fourth-order valence-electron chi connectivity index (χ4n) is 1.74. The minimum absolute atomic E-state index is 0.0832. The van der Waals surface area contributed by atoms with E-state index in [1.165, 1.54) is 0 Å². The van der Waals surface area contributed by atoms with Crippen LogP contribution in [0.3, 0.4) is 0 Å². The van der Waals surface area contributed by atoms with E-state index in [2.05, 4.69) is 11.8 Å². The Bertz CT molecular complexity index is 186. The molecule has 0 rings (SSSR count). The van der Waals surface area contributed by atoms with Crippen molar-refractivity contribution in [1.82, 2.24) is 4.90 Å². The van der Waals surface area contributed by atoms with E-state index in [4.69, 9.17) is 9.84 Å². The van der Waals surface area contributed by atoms with E-state index in [0.717, 1.165) is 45.3 Å². The smallest absolute Gasteiger partial charge is 0.305 e. The average molecular weight is 245 g/mol. The summed E-state index contributed by atoms with van der Waals surface area (Å²) in [6.45, 7) is 7.75. The van der Waals surface area contributed by atoms with Gasteiger partial charge in [0.15, 0.2) is 0 Å². The van der Waals surface area contributed by atoms with E-state index in [0.29, 0.717) is 13.0 Å². The maximum atomic E-state index is 11.1. The molecule has 0 bridgehead atoms. The number of carbonyl (C=O) groups excluding carboxylic acids is 1. The van der Waals surface area contributed by atoms with Crippen molar-refractivity contribution in [2.24, 2.45) is 0 Å². The lowest BCUT2D eigenvalue weighted by Crippen LogP contribution is -2.26. The van der Waals surface area contributed by atoms with E-state index in [1.807, 2.05) is 6.92 Å². The molecule has 0 aromatic rings. The Kier molecular flexibility index (Phi) is 11.4. The second kappa shape index (κ2) is 11.9. The molecule has 17 heavy (non-hydrogen) atoms. The number of aliphatic hydroxyl groups is 1. The van der Waals surface area contributed by atoms with E-state index >= 15 is 0 Å². The Morgan fingerprint density at radius 2 is 1.82 bits per heavy atom. The van der Waals surface area contributed by atoms with Gasteiger partial charge in [0, 0.05) is 19.6 Å². The van der Waals surface area contributed by atoms with Crippen LogP contribution in [0.2, 0.25) is 0 Å². The highest BCUT2D eigenvalue weighted by Gasteiger charge is 2.03. The molecule has 0 radical (unpaired) electrons. The lowest BCUT2D eigenvalue weighted by Gasteiger charge is -2.19. The number of rotatable bonds is 11. The third kappa shape index (κ3) is 10.3. The molecule has 0 unspecified atom stereocenters. The van der Waals surface area contributed by atoms with Gasteiger partial charge in [-0.1, -0.05) is 13.3 Å². The van der Waals surface area contributed by atoms with Crippen molar-refractivity contribution in [2.45, 2.75) is 46.0 Å². The first-order valence-electron chi connectivity index (χ1n) is 6.73. The van der Waals surface area contributed by atoms with Gasteiger partial charge in [-0.15, -0.1) is 0 Å². The number of unbranched alkanes of at least 4 members (excludes halogenated alkanes) is 2.